The first-order valence-electron chi connectivity index (χ1n) is 23.4. The van der Waals surface area contributed by atoms with E-state index in [2.05, 4.69) is 186 Å². The van der Waals surface area contributed by atoms with E-state index in [4.69, 9.17) is 0 Å². The van der Waals surface area contributed by atoms with Crippen molar-refractivity contribution in [3.8, 4) is 21.6 Å². The lowest BCUT2D eigenvalue weighted by Gasteiger charge is -2.33. The van der Waals surface area contributed by atoms with Gasteiger partial charge in [-0.2, -0.15) is 4.58 Å². The molecule has 5 heteroatoms. The summed E-state index contributed by atoms with van der Waals surface area (Å²) >= 11 is 1.87. The lowest BCUT2D eigenvalue weighted by atomic mass is 9.71. The number of benzene rings is 4. The summed E-state index contributed by atoms with van der Waals surface area (Å²) in [5, 5.41) is 3.42. The molecule has 1 amide bonds. The molecule has 1 aliphatic carbocycles. The highest BCUT2D eigenvalue weighted by molar-refractivity contribution is 7.15. The molecular weight excluding hydrogens is 775 g/mol. The third-order valence-electron chi connectivity index (χ3n) is 14.4. The number of nitrogens with one attached hydrogen (secondary N) is 1. The lowest BCUT2D eigenvalue weighted by Crippen LogP contribution is -2.33. The van der Waals surface area contributed by atoms with Crippen LogP contribution in [0.2, 0.25) is 0 Å². The third-order valence-corrected chi connectivity index (χ3v) is 15.5. The molecule has 0 bridgehead atoms. The molecule has 0 saturated carbocycles. The van der Waals surface area contributed by atoms with Crippen molar-refractivity contribution in [3.63, 3.8) is 0 Å². The fraction of sp³-hybridized carbons (Fsp3) is 0.404. The molecule has 0 fully saturated rings. The SMILES string of the molecule is CCCCCCC1(CCNC(=O)CCCCCN2C(=CC=CC3=[N+](C)c4ccccc4C3(C)C)C(C)(C)c3ccccc32)c2cc(C)ccc2-c2ccc(-c3ccc(C)s3)cc21. The van der Waals surface area contributed by atoms with E-state index in [1.807, 2.05) is 11.3 Å². The van der Waals surface area contributed by atoms with Gasteiger partial charge in [0.25, 0.3) is 0 Å². The van der Waals surface area contributed by atoms with Crippen molar-refractivity contribution in [1.82, 2.24) is 5.32 Å². The Morgan fingerprint density at radius 1 is 0.742 bits per heavy atom. The summed E-state index contributed by atoms with van der Waals surface area (Å²) in [7, 11) is 2.19. The van der Waals surface area contributed by atoms with Crippen LogP contribution in [0.4, 0.5) is 11.4 Å². The zero-order chi connectivity index (χ0) is 43.6. The third kappa shape index (κ3) is 8.18. The lowest BCUT2D eigenvalue weighted by molar-refractivity contribution is -0.401. The molecule has 1 N–H and O–H groups in total. The van der Waals surface area contributed by atoms with Gasteiger partial charge in [-0.05, 0) is 117 Å². The number of amides is 1. The Hall–Kier alpha value is -5.00. The summed E-state index contributed by atoms with van der Waals surface area (Å²) in [4.78, 5) is 18.8. The summed E-state index contributed by atoms with van der Waals surface area (Å²) in [5.41, 5.74) is 15.9. The molecule has 0 saturated heterocycles. The molecule has 1 atom stereocenters. The Labute approximate surface area is 376 Å². The minimum atomic E-state index is -0.118. The number of para-hydroxylation sites is 2. The number of carbonyl (C=O) groups is 1. The van der Waals surface area contributed by atoms with Crippen molar-refractivity contribution in [2.24, 2.45) is 0 Å². The number of rotatable bonds is 17. The van der Waals surface area contributed by atoms with Gasteiger partial charge in [-0.25, -0.2) is 0 Å². The maximum absolute atomic E-state index is 13.6. The summed E-state index contributed by atoms with van der Waals surface area (Å²) in [6.45, 7) is 17.7. The van der Waals surface area contributed by atoms with Crippen LogP contribution in [0, 0.1) is 13.8 Å². The number of anilines is 1. The van der Waals surface area contributed by atoms with Crippen molar-refractivity contribution < 1.29 is 9.37 Å². The molecule has 5 aromatic rings. The second kappa shape index (κ2) is 18.0. The van der Waals surface area contributed by atoms with E-state index in [0.717, 1.165) is 38.6 Å². The molecule has 3 aliphatic rings. The predicted octanol–water partition coefficient (Wildman–Crippen LogP) is 14.3. The van der Waals surface area contributed by atoms with Gasteiger partial charge < -0.3 is 10.2 Å². The monoisotopic (exact) mass is 843 g/mol. The van der Waals surface area contributed by atoms with Crippen LogP contribution in [0.5, 0.6) is 0 Å². The molecule has 8 rings (SSSR count). The van der Waals surface area contributed by atoms with E-state index in [-0.39, 0.29) is 22.2 Å². The highest BCUT2D eigenvalue weighted by atomic mass is 32.1. The van der Waals surface area contributed by atoms with Crippen LogP contribution in [0.15, 0.2) is 121 Å². The first kappa shape index (κ1) is 43.6. The Balaban J connectivity index is 0.920. The molecular formula is C57H68N3OS+. The first-order chi connectivity index (χ1) is 29.9. The highest BCUT2D eigenvalue weighted by Gasteiger charge is 2.44. The summed E-state index contributed by atoms with van der Waals surface area (Å²) < 4.78 is 2.34. The van der Waals surface area contributed by atoms with Gasteiger partial charge in [-0.1, -0.05) is 131 Å². The second-order valence-corrected chi connectivity index (χ2v) is 20.6. The standard InChI is InChI=1S/C57H67N3OS/c1-9-10-11-18-34-57(47-38-40(2)28-31-43(47)44-32-30-42(39-48(44)57)51-33-29-41(3)62-51)35-36-58-54(61)27-13-12-19-37-60-50-24-17-15-22-46(50)56(6,7)53(60)26-20-25-52-55(4,5)45-21-14-16-23-49(45)59(52)8/h14-17,20-26,28-33,38-39H,9-13,18-19,27,34-37H2,1-8H3/p+1. The number of allylic oxidation sites excluding steroid dienone is 4. The van der Waals surface area contributed by atoms with Crippen molar-refractivity contribution in [1.29, 1.82) is 0 Å². The van der Waals surface area contributed by atoms with Gasteiger partial charge in [0.15, 0.2) is 5.71 Å². The number of carbonyl (C=O) groups excluding carboxylic acids is 1. The van der Waals surface area contributed by atoms with Crippen molar-refractivity contribution in [3.05, 3.63) is 154 Å². The highest BCUT2D eigenvalue weighted by Crippen LogP contribution is 2.55. The molecule has 2 aliphatic heterocycles. The molecule has 3 heterocycles. The van der Waals surface area contributed by atoms with E-state index in [1.165, 1.54) is 103 Å². The molecule has 0 radical (unpaired) electrons. The Kier molecular flexibility index (Phi) is 12.7. The van der Waals surface area contributed by atoms with Gasteiger partial charge >= 0.3 is 0 Å². The number of unbranched alkanes of at least 4 members (excludes halogenated alkanes) is 5. The minimum Gasteiger partial charge on any atom is -0.356 e. The van der Waals surface area contributed by atoms with Crippen molar-refractivity contribution in [2.45, 2.75) is 129 Å². The van der Waals surface area contributed by atoms with Gasteiger partial charge in [0.05, 0.1) is 5.41 Å². The fourth-order valence-corrected chi connectivity index (χ4v) is 11.9. The number of fused-ring (bicyclic) bond motifs is 5. The van der Waals surface area contributed by atoms with Crippen LogP contribution < -0.4 is 10.2 Å². The zero-order valence-corrected chi connectivity index (χ0v) is 39.5. The zero-order valence-electron chi connectivity index (χ0n) is 38.7. The van der Waals surface area contributed by atoms with Crippen LogP contribution >= 0.6 is 11.3 Å². The van der Waals surface area contributed by atoms with Crippen LogP contribution in [-0.4, -0.2) is 36.3 Å². The number of hydrogen-bond acceptors (Lipinski definition) is 3. The molecule has 0 spiro atoms. The summed E-state index contributed by atoms with van der Waals surface area (Å²) in [5.74, 6) is 0.175. The topological polar surface area (TPSA) is 35.4 Å². The Bertz CT molecular complexity index is 2550. The molecule has 322 valence electrons. The molecule has 1 aromatic heterocycles. The van der Waals surface area contributed by atoms with E-state index in [0.29, 0.717) is 13.0 Å². The van der Waals surface area contributed by atoms with Gasteiger partial charge in [0.2, 0.25) is 11.6 Å². The molecule has 4 aromatic carbocycles. The second-order valence-electron chi connectivity index (χ2n) is 19.3. The largest absolute Gasteiger partial charge is 0.356 e. The maximum Gasteiger partial charge on any atom is 0.219 e. The number of thiophene rings is 1. The summed E-state index contributed by atoms with van der Waals surface area (Å²) in [6.07, 6.45) is 17.3. The molecule has 4 nitrogen and oxygen atoms in total. The number of nitrogens with zero attached hydrogens (tertiary/aromatic N) is 2. The normalized spacial score (nSPS) is 18.7. The Morgan fingerprint density at radius 2 is 1.47 bits per heavy atom. The van der Waals surface area contributed by atoms with Gasteiger partial charge in [0, 0.05) is 69.2 Å². The van der Waals surface area contributed by atoms with Gasteiger partial charge in [0.1, 0.15) is 7.05 Å². The number of hydrogen-bond donors (Lipinski definition) is 1. The molecule has 1 unspecified atom stereocenters. The number of aryl methyl sites for hydroxylation is 2. The molecule has 62 heavy (non-hydrogen) atoms. The van der Waals surface area contributed by atoms with Gasteiger partial charge in [-0.3, -0.25) is 4.79 Å². The van der Waals surface area contributed by atoms with E-state index < -0.39 is 0 Å². The van der Waals surface area contributed by atoms with Crippen LogP contribution in [0.3, 0.4) is 0 Å². The minimum absolute atomic E-state index is 0.0593. The maximum atomic E-state index is 13.6. The Morgan fingerprint density at radius 3 is 2.23 bits per heavy atom. The fourth-order valence-electron chi connectivity index (χ4n) is 11.0. The summed E-state index contributed by atoms with van der Waals surface area (Å²) in [6, 6.07) is 36.4. The van der Waals surface area contributed by atoms with Gasteiger partial charge in [-0.15, -0.1) is 11.3 Å². The average molecular weight is 843 g/mol. The van der Waals surface area contributed by atoms with Crippen molar-refractivity contribution >= 4 is 34.3 Å². The quantitative estimate of drug-likeness (QED) is 0.0748. The average Bonchev–Trinajstić information content (AvgIpc) is 3.93. The van der Waals surface area contributed by atoms with E-state index in [1.54, 1.807) is 0 Å². The van der Waals surface area contributed by atoms with Crippen LogP contribution in [-0.2, 0) is 21.0 Å². The van der Waals surface area contributed by atoms with Crippen LogP contribution in [0.25, 0.3) is 21.6 Å². The predicted molar refractivity (Wildman–Crippen MR) is 265 cm³/mol. The van der Waals surface area contributed by atoms with Crippen LogP contribution in [0.1, 0.15) is 132 Å². The van der Waals surface area contributed by atoms with Crippen molar-refractivity contribution in [2.75, 3.05) is 25.0 Å². The van der Waals surface area contributed by atoms with E-state index in [9.17, 15) is 4.79 Å². The van der Waals surface area contributed by atoms with E-state index >= 15 is 0 Å². The smallest absolute Gasteiger partial charge is 0.219 e. The first-order valence-corrected chi connectivity index (χ1v) is 24.2.